The minimum absolute atomic E-state index is 0.0792. The summed E-state index contributed by atoms with van der Waals surface area (Å²) in [6.45, 7) is 4.42. The molecule has 0 unspecified atom stereocenters. The van der Waals surface area contributed by atoms with Gasteiger partial charge in [0, 0.05) is 11.5 Å². The molecule has 0 spiro atoms. The number of carbonyl (C=O) groups is 1. The fraction of sp³-hybridized carbons (Fsp3) is 0.941. The summed E-state index contributed by atoms with van der Waals surface area (Å²) in [5.41, 5.74) is -0.0792. The molecule has 3 aliphatic rings. The molecule has 0 aromatic rings. The first-order valence-corrected chi connectivity index (χ1v) is 8.39. The smallest absolute Gasteiger partial charge is 0.226 e. The third-order valence-electron chi connectivity index (χ3n) is 6.30. The Morgan fingerprint density at radius 1 is 1.16 bits per heavy atom. The Morgan fingerprint density at radius 2 is 1.89 bits per heavy atom. The van der Waals surface area contributed by atoms with E-state index in [4.69, 9.17) is 0 Å². The molecule has 19 heavy (non-hydrogen) atoms. The van der Waals surface area contributed by atoms with Crippen LogP contribution in [0, 0.1) is 23.2 Å². The highest BCUT2D eigenvalue weighted by atomic mass is 16.2. The number of amides is 1. The summed E-state index contributed by atoms with van der Waals surface area (Å²) < 4.78 is 0. The van der Waals surface area contributed by atoms with E-state index in [1.807, 2.05) is 0 Å². The molecule has 0 aromatic carbocycles. The molecule has 2 heteroatoms. The first kappa shape index (κ1) is 13.5. The van der Waals surface area contributed by atoms with Crippen LogP contribution in [-0.4, -0.2) is 11.9 Å². The van der Waals surface area contributed by atoms with Crippen molar-refractivity contribution in [3.8, 4) is 0 Å². The zero-order valence-electron chi connectivity index (χ0n) is 12.6. The maximum absolute atomic E-state index is 12.6. The second kappa shape index (κ2) is 5.10. The summed E-state index contributed by atoms with van der Waals surface area (Å²) in [5.74, 6) is 2.97. The predicted molar refractivity (Wildman–Crippen MR) is 77.7 cm³/mol. The SMILES string of the molecule is C[C@H](NC(=O)C1(C)CCCCC1)[C@H]1C[C@H]2CC[C@H]1C2. The van der Waals surface area contributed by atoms with Crippen molar-refractivity contribution in [2.75, 3.05) is 0 Å². The third kappa shape index (κ3) is 2.55. The Hall–Kier alpha value is -0.530. The van der Waals surface area contributed by atoms with Crippen LogP contribution in [0.2, 0.25) is 0 Å². The van der Waals surface area contributed by atoms with Gasteiger partial charge in [-0.15, -0.1) is 0 Å². The molecular weight excluding hydrogens is 234 g/mol. The molecule has 0 aliphatic heterocycles. The van der Waals surface area contributed by atoms with Gasteiger partial charge in [0.2, 0.25) is 5.91 Å². The lowest BCUT2D eigenvalue weighted by molar-refractivity contribution is -0.133. The third-order valence-corrected chi connectivity index (χ3v) is 6.30. The Kier molecular flexibility index (Phi) is 3.61. The zero-order valence-corrected chi connectivity index (χ0v) is 12.6. The van der Waals surface area contributed by atoms with Gasteiger partial charge in [-0.2, -0.15) is 0 Å². The molecule has 108 valence electrons. The van der Waals surface area contributed by atoms with E-state index in [0.29, 0.717) is 11.9 Å². The van der Waals surface area contributed by atoms with Crippen LogP contribution in [0.5, 0.6) is 0 Å². The first-order chi connectivity index (χ1) is 9.08. The molecule has 0 saturated heterocycles. The molecule has 0 radical (unpaired) electrons. The molecule has 2 nitrogen and oxygen atoms in total. The van der Waals surface area contributed by atoms with Gasteiger partial charge in [-0.05, 0) is 56.8 Å². The van der Waals surface area contributed by atoms with Crippen LogP contribution >= 0.6 is 0 Å². The normalized spacial score (nSPS) is 38.1. The second-order valence-corrected chi connectivity index (χ2v) is 7.72. The number of carbonyl (C=O) groups excluding carboxylic acids is 1. The summed E-state index contributed by atoms with van der Waals surface area (Å²) >= 11 is 0. The van der Waals surface area contributed by atoms with E-state index in [0.717, 1.165) is 30.6 Å². The van der Waals surface area contributed by atoms with Gasteiger partial charge < -0.3 is 5.32 Å². The van der Waals surface area contributed by atoms with Crippen molar-refractivity contribution in [1.82, 2.24) is 5.32 Å². The number of hydrogen-bond donors (Lipinski definition) is 1. The predicted octanol–water partition coefficient (Wildman–Crippen LogP) is 3.90. The van der Waals surface area contributed by atoms with Crippen molar-refractivity contribution >= 4 is 5.91 Å². The average Bonchev–Trinajstić information content (AvgIpc) is 3.01. The molecule has 4 atom stereocenters. The quantitative estimate of drug-likeness (QED) is 0.822. The Morgan fingerprint density at radius 3 is 2.47 bits per heavy atom. The molecular formula is C17H29NO. The summed E-state index contributed by atoms with van der Waals surface area (Å²) in [6.07, 6.45) is 11.6. The van der Waals surface area contributed by atoms with E-state index < -0.39 is 0 Å². The fourth-order valence-electron chi connectivity index (χ4n) is 4.95. The lowest BCUT2D eigenvalue weighted by atomic mass is 9.74. The van der Waals surface area contributed by atoms with Crippen LogP contribution in [0.1, 0.15) is 71.6 Å². The maximum atomic E-state index is 12.6. The summed E-state index contributed by atoms with van der Waals surface area (Å²) in [4.78, 5) is 12.6. The van der Waals surface area contributed by atoms with Gasteiger partial charge in [0.05, 0.1) is 0 Å². The van der Waals surface area contributed by atoms with Gasteiger partial charge in [0.1, 0.15) is 0 Å². The lowest BCUT2D eigenvalue weighted by Crippen LogP contribution is -2.47. The van der Waals surface area contributed by atoms with Crippen molar-refractivity contribution in [2.45, 2.75) is 77.7 Å². The fourth-order valence-corrected chi connectivity index (χ4v) is 4.95. The molecule has 3 rings (SSSR count). The number of nitrogens with one attached hydrogen (secondary N) is 1. The van der Waals surface area contributed by atoms with E-state index in [2.05, 4.69) is 19.2 Å². The van der Waals surface area contributed by atoms with Gasteiger partial charge in [-0.25, -0.2) is 0 Å². The molecule has 3 aliphatic carbocycles. The maximum Gasteiger partial charge on any atom is 0.226 e. The van der Waals surface area contributed by atoms with Crippen molar-refractivity contribution in [3.63, 3.8) is 0 Å². The van der Waals surface area contributed by atoms with Gasteiger partial charge in [0.25, 0.3) is 0 Å². The Labute approximate surface area is 117 Å². The van der Waals surface area contributed by atoms with Crippen molar-refractivity contribution in [3.05, 3.63) is 0 Å². The minimum Gasteiger partial charge on any atom is -0.353 e. The Balaban J connectivity index is 1.57. The van der Waals surface area contributed by atoms with Crippen LogP contribution in [0.3, 0.4) is 0 Å². The van der Waals surface area contributed by atoms with Gasteiger partial charge in [-0.1, -0.05) is 32.6 Å². The summed E-state index contributed by atoms with van der Waals surface area (Å²) in [5, 5.41) is 3.38. The van der Waals surface area contributed by atoms with E-state index in [-0.39, 0.29) is 5.41 Å². The van der Waals surface area contributed by atoms with Crippen molar-refractivity contribution < 1.29 is 4.79 Å². The monoisotopic (exact) mass is 263 g/mol. The largest absolute Gasteiger partial charge is 0.353 e. The molecule has 1 N–H and O–H groups in total. The van der Waals surface area contributed by atoms with Crippen LogP contribution in [0.25, 0.3) is 0 Å². The molecule has 2 bridgehead atoms. The van der Waals surface area contributed by atoms with Crippen molar-refractivity contribution in [1.29, 1.82) is 0 Å². The molecule has 0 heterocycles. The number of rotatable bonds is 3. The van der Waals surface area contributed by atoms with E-state index in [1.165, 1.54) is 44.9 Å². The highest BCUT2D eigenvalue weighted by Gasteiger charge is 2.43. The zero-order chi connectivity index (χ0) is 13.5. The van der Waals surface area contributed by atoms with Crippen LogP contribution in [0.4, 0.5) is 0 Å². The van der Waals surface area contributed by atoms with Crippen molar-refractivity contribution in [2.24, 2.45) is 23.2 Å². The molecule has 3 saturated carbocycles. The van der Waals surface area contributed by atoms with Gasteiger partial charge in [-0.3, -0.25) is 4.79 Å². The summed E-state index contributed by atoms with van der Waals surface area (Å²) in [6, 6.07) is 0.390. The standard InChI is InChI=1S/C17H29NO/c1-12(15-11-13-6-7-14(15)10-13)18-16(19)17(2)8-4-3-5-9-17/h12-15H,3-11H2,1-2H3,(H,18,19)/t12-,13-,14-,15+/m0/s1. The molecule has 0 aromatic heterocycles. The topological polar surface area (TPSA) is 29.1 Å². The Bertz CT molecular complexity index is 345. The van der Waals surface area contributed by atoms with Gasteiger partial charge in [0.15, 0.2) is 0 Å². The second-order valence-electron chi connectivity index (χ2n) is 7.72. The van der Waals surface area contributed by atoms with E-state index in [1.54, 1.807) is 0 Å². The molecule has 3 fully saturated rings. The highest BCUT2D eigenvalue weighted by molar-refractivity contribution is 5.82. The van der Waals surface area contributed by atoms with E-state index >= 15 is 0 Å². The van der Waals surface area contributed by atoms with Crippen LogP contribution < -0.4 is 5.32 Å². The number of fused-ring (bicyclic) bond motifs is 2. The lowest BCUT2D eigenvalue weighted by Gasteiger charge is -2.35. The first-order valence-electron chi connectivity index (χ1n) is 8.39. The average molecular weight is 263 g/mol. The molecule has 1 amide bonds. The highest BCUT2D eigenvalue weighted by Crippen LogP contribution is 2.49. The minimum atomic E-state index is -0.0792. The van der Waals surface area contributed by atoms with Gasteiger partial charge >= 0.3 is 0 Å². The summed E-state index contributed by atoms with van der Waals surface area (Å²) in [7, 11) is 0. The number of hydrogen-bond acceptors (Lipinski definition) is 1. The van der Waals surface area contributed by atoms with E-state index in [9.17, 15) is 4.79 Å². The van der Waals surface area contributed by atoms with Crippen LogP contribution in [0.15, 0.2) is 0 Å². The van der Waals surface area contributed by atoms with Crippen LogP contribution in [-0.2, 0) is 4.79 Å².